The molecule has 0 spiro atoms. The summed E-state index contributed by atoms with van der Waals surface area (Å²) in [7, 11) is 0. The van der Waals surface area contributed by atoms with Crippen molar-refractivity contribution < 1.29 is 9.53 Å². The molecule has 1 amide bonds. The first-order valence-corrected chi connectivity index (χ1v) is 9.22. The van der Waals surface area contributed by atoms with Crippen molar-refractivity contribution in [2.45, 2.75) is 6.42 Å². The predicted molar refractivity (Wildman–Crippen MR) is 101 cm³/mol. The molecule has 1 aromatic heterocycles. The fraction of sp³-hybridized carbons (Fsp3) is 0.111. The van der Waals surface area contributed by atoms with Gasteiger partial charge in [0.2, 0.25) is 0 Å². The third-order valence-electron chi connectivity index (χ3n) is 3.91. The van der Waals surface area contributed by atoms with Crippen LogP contribution in [0.4, 0.5) is 5.13 Å². The van der Waals surface area contributed by atoms with Gasteiger partial charge in [0, 0.05) is 17.4 Å². The Kier molecular flexibility index (Phi) is 4.37. The third-order valence-corrected chi connectivity index (χ3v) is 5.48. The zero-order chi connectivity index (χ0) is 17.4. The number of amides is 1. The van der Waals surface area contributed by atoms with Crippen LogP contribution >= 0.6 is 34.5 Å². The van der Waals surface area contributed by atoms with Crippen LogP contribution in [0.2, 0.25) is 10.0 Å². The highest BCUT2D eigenvalue weighted by Crippen LogP contribution is 2.32. The fourth-order valence-corrected chi connectivity index (χ4v) is 3.75. The summed E-state index contributed by atoms with van der Waals surface area (Å²) < 4.78 is 5.52. The Hall–Kier alpha value is -2.08. The Morgan fingerprint density at radius 1 is 1.24 bits per heavy atom. The van der Waals surface area contributed by atoms with Gasteiger partial charge in [0.05, 0.1) is 27.9 Å². The number of carbonyl (C=O) groups excluding carboxylic acids is 1. The summed E-state index contributed by atoms with van der Waals surface area (Å²) >= 11 is 13.4. The molecular weight excluding hydrogens is 379 g/mol. The van der Waals surface area contributed by atoms with Gasteiger partial charge in [-0.3, -0.25) is 10.1 Å². The Balaban J connectivity index is 1.55. The van der Waals surface area contributed by atoms with Gasteiger partial charge in [-0.05, 0) is 35.9 Å². The number of halogens is 2. The first-order chi connectivity index (χ1) is 12.1. The number of benzene rings is 2. The minimum Gasteiger partial charge on any atom is -0.493 e. The molecule has 1 N–H and O–H groups in total. The van der Waals surface area contributed by atoms with Crippen molar-refractivity contribution in [3.63, 3.8) is 0 Å². The molecular formula is C18H12Cl2N2O2S. The van der Waals surface area contributed by atoms with Crippen LogP contribution in [0.3, 0.4) is 0 Å². The highest BCUT2D eigenvalue weighted by Gasteiger charge is 2.16. The van der Waals surface area contributed by atoms with Crippen LogP contribution in [0.1, 0.15) is 15.9 Å². The molecule has 4 rings (SSSR count). The van der Waals surface area contributed by atoms with Crippen LogP contribution in [-0.4, -0.2) is 17.5 Å². The number of anilines is 1. The topological polar surface area (TPSA) is 51.2 Å². The second-order valence-electron chi connectivity index (χ2n) is 5.51. The van der Waals surface area contributed by atoms with Crippen molar-refractivity contribution in [3.8, 4) is 17.0 Å². The number of hydrogen-bond acceptors (Lipinski definition) is 4. The van der Waals surface area contributed by atoms with Crippen molar-refractivity contribution in [2.75, 3.05) is 11.9 Å². The van der Waals surface area contributed by atoms with Crippen LogP contribution in [0, 0.1) is 0 Å². The normalized spacial score (nSPS) is 12.6. The van der Waals surface area contributed by atoms with Gasteiger partial charge in [-0.25, -0.2) is 4.98 Å². The van der Waals surface area contributed by atoms with Gasteiger partial charge in [0.25, 0.3) is 5.91 Å². The van der Waals surface area contributed by atoms with E-state index < -0.39 is 0 Å². The zero-order valence-electron chi connectivity index (χ0n) is 12.9. The largest absolute Gasteiger partial charge is 0.493 e. The molecule has 0 saturated heterocycles. The van der Waals surface area contributed by atoms with Gasteiger partial charge in [-0.2, -0.15) is 0 Å². The van der Waals surface area contributed by atoms with E-state index in [1.807, 2.05) is 17.5 Å². The van der Waals surface area contributed by atoms with Crippen LogP contribution in [-0.2, 0) is 6.42 Å². The van der Waals surface area contributed by atoms with E-state index in [0.717, 1.165) is 30.0 Å². The van der Waals surface area contributed by atoms with E-state index >= 15 is 0 Å². The summed E-state index contributed by atoms with van der Waals surface area (Å²) in [4.78, 5) is 16.9. The lowest BCUT2D eigenvalue weighted by Crippen LogP contribution is -2.12. The quantitative estimate of drug-likeness (QED) is 0.659. The van der Waals surface area contributed by atoms with Gasteiger partial charge in [0.1, 0.15) is 5.75 Å². The molecule has 0 bridgehead atoms. The minimum absolute atomic E-state index is 0.233. The molecule has 0 atom stereocenters. The van der Waals surface area contributed by atoms with E-state index in [-0.39, 0.29) is 10.9 Å². The lowest BCUT2D eigenvalue weighted by molar-refractivity contribution is 0.102. The van der Waals surface area contributed by atoms with Crippen molar-refractivity contribution in [1.29, 1.82) is 0 Å². The Morgan fingerprint density at radius 3 is 3.00 bits per heavy atom. The molecule has 0 saturated carbocycles. The van der Waals surface area contributed by atoms with Crippen molar-refractivity contribution in [3.05, 3.63) is 63.0 Å². The number of rotatable bonds is 3. The summed E-state index contributed by atoms with van der Waals surface area (Å²) in [6.45, 7) is 0.720. The number of nitrogens with zero attached hydrogens (tertiary/aromatic N) is 1. The summed E-state index contributed by atoms with van der Waals surface area (Å²) in [5.41, 5.74) is 3.32. The zero-order valence-corrected chi connectivity index (χ0v) is 15.2. The van der Waals surface area contributed by atoms with Crippen molar-refractivity contribution >= 4 is 45.6 Å². The minimum atomic E-state index is -0.337. The van der Waals surface area contributed by atoms with E-state index in [0.29, 0.717) is 15.7 Å². The van der Waals surface area contributed by atoms with Gasteiger partial charge in [-0.15, -0.1) is 11.3 Å². The van der Waals surface area contributed by atoms with E-state index in [9.17, 15) is 4.79 Å². The maximum atomic E-state index is 12.4. The predicted octanol–water partition coefficient (Wildman–Crippen LogP) is 5.30. The Morgan fingerprint density at radius 2 is 2.12 bits per heavy atom. The fourth-order valence-electron chi connectivity index (χ4n) is 2.65. The number of ether oxygens (including phenoxy) is 1. The lowest BCUT2D eigenvalue weighted by atomic mass is 10.1. The van der Waals surface area contributed by atoms with E-state index in [2.05, 4.69) is 16.4 Å². The molecule has 25 heavy (non-hydrogen) atoms. The number of nitrogens with one attached hydrogen (secondary N) is 1. The number of aromatic nitrogens is 1. The maximum Gasteiger partial charge on any atom is 0.259 e. The SMILES string of the molecule is O=C(Nc1nc(-c2ccc3c(c2)CCO3)cs1)c1cccc(Cl)c1Cl. The van der Waals surface area contributed by atoms with Gasteiger partial charge in [-0.1, -0.05) is 29.3 Å². The smallest absolute Gasteiger partial charge is 0.259 e. The Bertz CT molecular complexity index is 971. The summed E-state index contributed by atoms with van der Waals surface area (Å²) in [5.74, 6) is 0.596. The van der Waals surface area contributed by atoms with E-state index in [4.69, 9.17) is 27.9 Å². The highest BCUT2D eigenvalue weighted by atomic mass is 35.5. The molecule has 7 heteroatoms. The molecule has 0 radical (unpaired) electrons. The number of carbonyl (C=O) groups is 1. The van der Waals surface area contributed by atoms with Gasteiger partial charge < -0.3 is 4.74 Å². The Labute approximate surface area is 158 Å². The molecule has 0 fully saturated rings. The van der Waals surface area contributed by atoms with Gasteiger partial charge >= 0.3 is 0 Å². The van der Waals surface area contributed by atoms with Crippen LogP contribution in [0.15, 0.2) is 41.8 Å². The van der Waals surface area contributed by atoms with E-state index in [1.54, 1.807) is 18.2 Å². The molecule has 2 aromatic carbocycles. The summed E-state index contributed by atoms with van der Waals surface area (Å²) in [5, 5.41) is 5.76. The summed E-state index contributed by atoms with van der Waals surface area (Å²) in [6.07, 6.45) is 0.907. The van der Waals surface area contributed by atoms with E-state index in [1.165, 1.54) is 16.9 Å². The van der Waals surface area contributed by atoms with Gasteiger partial charge in [0.15, 0.2) is 5.13 Å². The number of hydrogen-bond donors (Lipinski definition) is 1. The second-order valence-corrected chi connectivity index (χ2v) is 7.16. The lowest BCUT2D eigenvalue weighted by Gasteiger charge is -2.05. The maximum absolute atomic E-state index is 12.4. The molecule has 1 aliphatic heterocycles. The molecule has 1 aliphatic rings. The van der Waals surface area contributed by atoms with Crippen LogP contribution < -0.4 is 10.1 Å². The number of fused-ring (bicyclic) bond motifs is 1. The molecule has 4 nitrogen and oxygen atoms in total. The first-order valence-electron chi connectivity index (χ1n) is 7.59. The highest BCUT2D eigenvalue weighted by molar-refractivity contribution is 7.14. The first kappa shape index (κ1) is 16.4. The molecule has 3 aromatic rings. The van der Waals surface area contributed by atoms with Crippen molar-refractivity contribution in [1.82, 2.24) is 4.98 Å². The average Bonchev–Trinajstić information content (AvgIpc) is 3.25. The monoisotopic (exact) mass is 390 g/mol. The third kappa shape index (κ3) is 3.23. The van der Waals surface area contributed by atoms with Crippen LogP contribution in [0.5, 0.6) is 5.75 Å². The average molecular weight is 391 g/mol. The standard InChI is InChI=1S/C18H12Cl2N2O2S/c19-13-3-1-2-12(16(13)20)17(23)22-18-21-14(9-25-18)10-4-5-15-11(8-10)6-7-24-15/h1-5,8-9H,6-7H2,(H,21,22,23). The number of thiazole rings is 1. The molecule has 126 valence electrons. The molecule has 2 heterocycles. The van der Waals surface area contributed by atoms with Crippen molar-refractivity contribution in [2.24, 2.45) is 0 Å². The summed E-state index contributed by atoms with van der Waals surface area (Å²) in [6, 6.07) is 11.0. The van der Waals surface area contributed by atoms with Crippen LogP contribution in [0.25, 0.3) is 11.3 Å². The molecule has 0 unspecified atom stereocenters. The molecule has 0 aliphatic carbocycles. The second kappa shape index (κ2) is 6.67.